The third kappa shape index (κ3) is 6.42. The molecular weight excluding hydrogens is 327 g/mol. The highest BCUT2D eigenvalue weighted by Crippen LogP contribution is 2.33. The van der Waals surface area contributed by atoms with Crippen molar-refractivity contribution >= 4 is 22.9 Å². The number of aliphatic carboxylic acids is 1. The van der Waals surface area contributed by atoms with Crippen LogP contribution in [0.25, 0.3) is 11.1 Å². The molecule has 128 valence electrons. The Labute approximate surface area is 145 Å². The largest absolute Gasteiger partial charge is 0.481 e. The fourth-order valence-corrected chi connectivity index (χ4v) is 2.88. The summed E-state index contributed by atoms with van der Waals surface area (Å²) in [6.45, 7) is 3.14. The zero-order valence-corrected chi connectivity index (χ0v) is 14.4. The molecule has 0 saturated carbocycles. The summed E-state index contributed by atoms with van der Waals surface area (Å²) in [5.74, 6) is -1.05. The van der Waals surface area contributed by atoms with Crippen LogP contribution < -0.4 is 5.73 Å². The number of thioether (sulfide) groups is 1. The number of nitrogens with one attached hydrogen (secondary N) is 1. The number of carbonyl (C=O) groups is 1. The van der Waals surface area contributed by atoms with Gasteiger partial charge in [-0.05, 0) is 23.6 Å². The van der Waals surface area contributed by atoms with Crippen molar-refractivity contribution in [2.45, 2.75) is 25.5 Å². The van der Waals surface area contributed by atoms with E-state index in [2.05, 4.69) is 6.92 Å². The van der Waals surface area contributed by atoms with Gasteiger partial charge in [-0.1, -0.05) is 61.2 Å². The lowest BCUT2D eigenvalue weighted by atomic mass is 10.0. The van der Waals surface area contributed by atoms with E-state index in [1.54, 1.807) is 12.1 Å². The summed E-state index contributed by atoms with van der Waals surface area (Å²) in [6, 6.07) is 14.5. The van der Waals surface area contributed by atoms with Crippen LogP contribution in [0.15, 0.2) is 48.5 Å². The van der Waals surface area contributed by atoms with Gasteiger partial charge in [0, 0.05) is 17.7 Å². The van der Waals surface area contributed by atoms with Gasteiger partial charge in [-0.2, -0.15) is 0 Å². The second kappa shape index (κ2) is 9.72. The summed E-state index contributed by atoms with van der Waals surface area (Å²) in [5, 5.41) is 15.1. The zero-order valence-electron chi connectivity index (χ0n) is 13.6. The minimum absolute atomic E-state index is 0.120. The van der Waals surface area contributed by atoms with Gasteiger partial charge < -0.3 is 10.8 Å². The van der Waals surface area contributed by atoms with Gasteiger partial charge in [0.25, 0.3) is 5.97 Å². The van der Waals surface area contributed by atoms with Crippen molar-refractivity contribution in [3.8, 4) is 11.1 Å². The van der Waals surface area contributed by atoms with Crippen LogP contribution in [0.3, 0.4) is 0 Å². The number of hydrogen-bond donors (Lipinski definition) is 3. The van der Waals surface area contributed by atoms with E-state index in [1.165, 1.54) is 17.8 Å². The third-order valence-electron chi connectivity index (χ3n) is 3.11. The molecule has 4 nitrogen and oxygen atoms in total. The third-order valence-corrected chi connectivity index (χ3v) is 4.25. The summed E-state index contributed by atoms with van der Waals surface area (Å²) < 4.78 is 13.7. The molecule has 4 N–H and O–H groups in total. The van der Waals surface area contributed by atoms with E-state index < -0.39 is 5.97 Å². The Morgan fingerprint density at radius 3 is 2.25 bits per heavy atom. The predicted molar refractivity (Wildman–Crippen MR) is 97.7 cm³/mol. The number of halogens is 1. The van der Waals surface area contributed by atoms with Crippen LogP contribution in [0.5, 0.6) is 0 Å². The normalized spacial score (nSPS) is 11.1. The number of carboxylic acids is 1. The maximum Gasteiger partial charge on any atom is 0.300 e. The maximum atomic E-state index is 13.7. The van der Waals surface area contributed by atoms with E-state index in [-0.39, 0.29) is 16.2 Å². The van der Waals surface area contributed by atoms with Crippen LogP contribution in [0.1, 0.15) is 31.1 Å². The first-order valence-electron chi connectivity index (χ1n) is 7.40. The fourth-order valence-electron chi connectivity index (χ4n) is 2.11. The molecule has 0 heterocycles. The van der Waals surface area contributed by atoms with Gasteiger partial charge in [0.2, 0.25) is 0 Å². The first kappa shape index (κ1) is 19.7. The molecular formula is C18H21FN2O2S. The summed E-state index contributed by atoms with van der Waals surface area (Å²) in [5.41, 5.74) is 8.01. The Morgan fingerprint density at radius 1 is 1.25 bits per heavy atom. The van der Waals surface area contributed by atoms with Gasteiger partial charge in [0.05, 0.1) is 0 Å². The molecule has 2 aromatic carbocycles. The molecule has 1 atom stereocenters. The Balaban J connectivity index is 0.000000648. The highest BCUT2D eigenvalue weighted by atomic mass is 32.2. The van der Waals surface area contributed by atoms with Gasteiger partial charge in [0.15, 0.2) is 5.17 Å². The number of rotatable bonds is 4. The molecule has 0 spiro atoms. The molecule has 24 heavy (non-hydrogen) atoms. The van der Waals surface area contributed by atoms with Crippen LogP contribution in [-0.2, 0) is 4.79 Å². The minimum atomic E-state index is -0.833. The van der Waals surface area contributed by atoms with Crippen molar-refractivity contribution in [2.24, 2.45) is 5.73 Å². The number of carboxylic acid groups (broad SMARTS) is 1. The first-order chi connectivity index (χ1) is 11.3. The Hall–Kier alpha value is -2.34. The van der Waals surface area contributed by atoms with Crippen molar-refractivity contribution in [3.63, 3.8) is 0 Å². The number of hydrogen-bond acceptors (Lipinski definition) is 3. The summed E-state index contributed by atoms with van der Waals surface area (Å²) in [6.07, 6.45) is 0.892. The van der Waals surface area contributed by atoms with E-state index >= 15 is 0 Å². The van der Waals surface area contributed by atoms with Gasteiger partial charge in [-0.15, -0.1) is 0 Å². The van der Waals surface area contributed by atoms with Crippen LogP contribution in [-0.4, -0.2) is 16.2 Å². The maximum absolute atomic E-state index is 13.7. The lowest BCUT2D eigenvalue weighted by Crippen LogP contribution is -2.07. The Bertz CT molecular complexity index is 686. The van der Waals surface area contributed by atoms with Crippen molar-refractivity contribution in [3.05, 3.63) is 59.9 Å². The molecule has 0 aliphatic rings. The average molecular weight is 348 g/mol. The highest BCUT2D eigenvalue weighted by Gasteiger charge is 2.12. The molecule has 0 saturated heterocycles. The molecule has 0 fully saturated rings. The number of nitrogens with two attached hydrogens (primary N) is 1. The van der Waals surface area contributed by atoms with E-state index in [4.69, 9.17) is 21.0 Å². The molecule has 0 amide bonds. The number of amidine groups is 1. The van der Waals surface area contributed by atoms with Crippen molar-refractivity contribution in [2.75, 3.05) is 0 Å². The smallest absolute Gasteiger partial charge is 0.300 e. The number of benzene rings is 2. The average Bonchev–Trinajstić information content (AvgIpc) is 2.53. The topological polar surface area (TPSA) is 87.2 Å². The molecule has 0 radical (unpaired) electrons. The quantitative estimate of drug-likeness (QED) is 0.554. The van der Waals surface area contributed by atoms with Crippen molar-refractivity contribution < 1.29 is 14.3 Å². The van der Waals surface area contributed by atoms with Gasteiger partial charge in [-0.25, -0.2) is 4.39 Å². The first-order valence-corrected chi connectivity index (χ1v) is 8.28. The predicted octanol–water partition coefficient (Wildman–Crippen LogP) is 4.66. The van der Waals surface area contributed by atoms with Gasteiger partial charge in [0.1, 0.15) is 5.82 Å². The Kier molecular flexibility index (Phi) is 7.98. The van der Waals surface area contributed by atoms with Gasteiger partial charge in [-0.3, -0.25) is 10.2 Å². The van der Waals surface area contributed by atoms with Crippen molar-refractivity contribution in [1.82, 2.24) is 0 Å². The SMILES string of the molecule is CC(=O)O.CC[C@H](SC(=N)N)c1ccc(-c2ccccc2F)cc1. The van der Waals surface area contributed by atoms with Crippen LogP contribution in [0.4, 0.5) is 4.39 Å². The molecule has 0 aromatic heterocycles. The monoisotopic (exact) mass is 348 g/mol. The Morgan fingerprint density at radius 2 is 1.79 bits per heavy atom. The van der Waals surface area contributed by atoms with E-state index in [1.807, 2.05) is 30.3 Å². The standard InChI is InChI=1S/C16H17FN2S.C2H4O2/c1-2-15(20-16(18)19)12-9-7-11(8-10-12)13-5-3-4-6-14(13)17;1-2(3)4/h3-10,15H,2H2,1H3,(H3,18,19);1H3,(H,3,4)/t15-;/m0./s1. The summed E-state index contributed by atoms with van der Waals surface area (Å²) in [7, 11) is 0. The van der Waals surface area contributed by atoms with Crippen LogP contribution >= 0.6 is 11.8 Å². The van der Waals surface area contributed by atoms with Crippen molar-refractivity contribution in [1.29, 1.82) is 5.41 Å². The van der Waals surface area contributed by atoms with Gasteiger partial charge >= 0.3 is 0 Å². The summed E-state index contributed by atoms with van der Waals surface area (Å²) in [4.78, 5) is 9.00. The lowest BCUT2D eigenvalue weighted by molar-refractivity contribution is -0.134. The molecule has 2 rings (SSSR count). The highest BCUT2D eigenvalue weighted by molar-refractivity contribution is 8.13. The van der Waals surface area contributed by atoms with E-state index in [0.717, 1.165) is 24.5 Å². The molecule has 6 heteroatoms. The zero-order chi connectivity index (χ0) is 18.1. The van der Waals surface area contributed by atoms with E-state index in [9.17, 15) is 4.39 Å². The van der Waals surface area contributed by atoms with Crippen LogP contribution in [0, 0.1) is 11.2 Å². The van der Waals surface area contributed by atoms with E-state index in [0.29, 0.717) is 5.56 Å². The second-order valence-corrected chi connectivity index (χ2v) is 6.24. The lowest BCUT2D eigenvalue weighted by Gasteiger charge is -2.14. The molecule has 0 unspecified atom stereocenters. The molecule has 0 aliphatic heterocycles. The summed E-state index contributed by atoms with van der Waals surface area (Å²) >= 11 is 1.34. The molecule has 0 aliphatic carbocycles. The second-order valence-electron chi connectivity index (χ2n) is 5.00. The molecule has 0 bridgehead atoms. The molecule has 2 aromatic rings. The minimum Gasteiger partial charge on any atom is -0.481 e. The fraction of sp³-hybridized carbons (Fsp3) is 0.222. The van der Waals surface area contributed by atoms with Crippen LogP contribution in [0.2, 0.25) is 0 Å².